The standard InChI is InChI=1S/C20H19F3N8O/c1-11-8-30(9-16(32-11)13-6-27-28-12(13)2)19-5-14(25-10-26-19)15-7-24-18-4-3-17(20(21,22)23)29-31(15)18/h3-7,10-11,16H,8-9H2,1-2H3,(H,27,28)/t11-,16+/m1/s1. The summed E-state index contributed by atoms with van der Waals surface area (Å²) >= 11 is 0. The summed E-state index contributed by atoms with van der Waals surface area (Å²) in [6.07, 6.45) is -0.221. The Bertz CT molecular complexity index is 1270. The number of nitrogens with one attached hydrogen (secondary N) is 1. The van der Waals surface area contributed by atoms with Crippen molar-refractivity contribution in [3.05, 3.63) is 53.9 Å². The Labute approximate surface area is 180 Å². The molecule has 4 aromatic rings. The third-order valence-corrected chi connectivity index (χ3v) is 5.37. The van der Waals surface area contributed by atoms with Crippen LogP contribution in [0.15, 0.2) is 36.9 Å². The summed E-state index contributed by atoms with van der Waals surface area (Å²) in [6, 6.07) is 3.91. The summed E-state index contributed by atoms with van der Waals surface area (Å²) in [4.78, 5) is 14.9. The van der Waals surface area contributed by atoms with Gasteiger partial charge in [-0.15, -0.1) is 0 Å². The van der Waals surface area contributed by atoms with Crippen LogP contribution in [0.3, 0.4) is 0 Å². The van der Waals surface area contributed by atoms with Gasteiger partial charge in [0.25, 0.3) is 0 Å². The minimum absolute atomic E-state index is 0.0618. The van der Waals surface area contributed by atoms with Crippen molar-refractivity contribution in [2.45, 2.75) is 32.2 Å². The number of hydrogen-bond donors (Lipinski definition) is 1. The highest BCUT2D eigenvalue weighted by atomic mass is 19.4. The van der Waals surface area contributed by atoms with Crippen molar-refractivity contribution in [3.63, 3.8) is 0 Å². The van der Waals surface area contributed by atoms with Gasteiger partial charge in [0.15, 0.2) is 11.3 Å². The number of alkyl halides is 3. The highest BCUT2D eigenvalue weighted by Crippen LogP contribution is 2.31. The van der Waals surface area contributed by atoms with E-state index in [-0.39, 0.29) is 12.2 Å². The Kier molecular flexibility index (Phi) is 4.81. The van der Waals surface area contributed by atoms with Crippen molar-refractivity contribution in [2.75, 3.05) is 18.0 Å². The molecule has 5 heterocycles. The van der Waals surface area contributed by atoms with Gasteiger partial charge in [0.1, 0.15) is 23.9 Å². The van der Waals surface area contributed by atoms with E-state index < -0.39 is 11.9 Å². The summed E-state index contributed by atoms with van der Waals surface area (Å²) < 4.78 is 46.6. The van der Waals surface area contributed by atoms with Crippen LogP contribution in [-0.4, -0.2) is 54.0 Å². The van der Waals surface area contributed by atoms with Crippen molar-refractivity contribution in [1.82, 2.24) is 34.8 Å². The van der Waals surface area contributed by atoms with E-state index in [9.17, 15) is 13.2 Å². The maximum Gasteiger partial charge on any atom is 0.435 e. The summed E-state index contributed by atoms with van der Waals surface area (Å²) in [5.74, 6) is 0.637. The van der Waals surface area contributed by atoms with E-state index in [1.165, 1.54) is 18.6 Å². The molecule has 1 N–H and O–H groups in total. The average Bonchev–Trinajstić information content (AvgIpc) is 3.38. The first-order valence-corrected chi connectivity index (χ1v) is 9.94. The molecule has 0 bridgehead atoms. The number of ether oxygens (including phenoxy) is 1. The molecule has 32 heavy (non-hydrogen) atoms. The first kappa shape index (κ1) is 20.4. The topological polar surface area (TPSA) is 97.1 Å². The lowest BCUT2D eigenvalue weighted by Crippen LogP contribution is -2.43. The van der Waals surface area contributed by atoms with Crippen molar-refractivity contribution in [2.24, 2.45) is 0 Å². The van der Waals surface area contributed by atoms with Crippen molar-refractivity contribution < 1.29 is 17.9 Å². The van der Waals surface area contributed by atoms with Gasteiger partial charge in [-0.2, -0.15) is 23.4 Å². The van der Waals surface area contributed by atoms with Gasteiger partial charge in [-0.25, -0.2) is 19.5 Å². The summed E-state index contributed by atoms with van der Waals surface area (Å²) in [6.45, 7) is 5.06. The smallest absolute Gasteiger partial charge is 0.367 e. The van der Waals surface area contributed by atoms with Crippen LogP contribution in [0.5, 0.6) is 0 Å². The third kappa shape index (κ3) is 3.66. The molecule has 0 aromatic carbocycles. The lowest BCUT2D eigenvalue weighted by atomic mass is 10.1. The number of rotatable bonds is 3. The largest absolute Gasteiger partial charge is 0.435 e. The number of nitrogens with zero attached hydrogens (tertiary/aromatic N) is 7. The average molecular weight is 444 g/mol. The van der Waals surface area contributed by atoms with Crippen LogP contribution in [0, 0.1) is 6.92 Å². The van der Waals surface area contributed by atoms with Gasteiger partial charge in [-0.05, 0) is 26.0 Å². The molecule has 9 nitrogen and oxygen atoms in total. The second kappa shape index (κ2) is 7.55. The van der Waals surface area contributed by atoms with Gasteiger partial charge < -0.3 is 9.64 Å². The van der Waals surface area contributed by atoms with Gasteiger partial charge in [-0.1, -0.05) is 0 Å². The number of aromatic amines is 1. The number of aryl methyl sites for hydroxylation is 1. The molecule has 166 valence electrons. The fraction of sp³-hybridized carbons (Fsp3) is 0.350. The lowest BCUT2D eigenvalue weighted by Gasteiger charge is -2.37. The van der Waals surface area contributed by atoms with E-state index in [1.807, 2.05) is 13.8 Å². The SMILES string of the molecule is Cc1[nH]ncc1[C@@H]1CN(c2cc(-c3cnc4ccc(C(F)(F)F)nn34)ncn2)C[C@@H](C)O1. The van der Waals surface area contributed by atoms with Crippen LogP contribution in [0.4, 0.5) is 19.0 Å². The number of morpholine rings is 1. The Hall–Kier alpha value is -3.54. The van der Waals surface area contributed by atoms with Crippen molar-refractivity contribution in [3.8, 4) is 11.4 Å². The van der Waals surface area contributed by atoms with E-state index in [2.05, 4.69) is 35.1 Å². The van der Waals surface area contributed by atoms with E-state index in [0.29, 0.717) is 35.9 Å². The number of fused-ring (bicyclic) bond motifs is 1. The summed E-state index contributed by atoms with van der Waals surface area (Å²) in [5, 5.41) is 10.7. The number of H-pyrrole nitrogens is 1. The molecule has 0 amide bonds. The Morgan fingerprint density at radius 2 is 1.97 bits per heavy atom. The predicted octanol–water partition coefficient (Wildman–Crippen LogP) is 3.20. The van der Waals surface area contributed by atoms with Gasteiger partial charge in [0.2, 0.25) is 0 Å². The van der Waals surface area contributed by atoms with Crippen LogP contribution in [0.2, 0.25) is 0 Å². The zero-order valence-corrected chi connectivity index (χ0v) is 17.2. The molecule has 1 fully saturated rings. The molecule has 0 spiro atoms. The molecular formula is C20H19F3N8O. The normalized spacial score (nSPS) is 19.6. The maximum atomic E-state index is 13.1. The highest BCUT2D eigenvalue weighted by Gasteiger charge is 2.33. The molecule has 0 saturated carbocycles. The monoisotopic (exact) mass is 444 g/mol. The second-order valence-corrected chi connectivity index (χ2v) is 7.68. The number of halogens is 3. The highest BCUT2D eigenvalue weighted by molar-refractivity contribution is 5.62. The quantitative estimate of drug-likeness (QED) is 0.518. The molecular weight excluding hydrogens is 425 g/mol. The van der Waals surface area contributed by atoms with E-state index in [1.54, 1.807) is 12.3 Å². The first-order chi connectivity index (χ1) is 15.3. The van der Waals surface area contributed by atoms with Gasteiger partial charge in [0.05, 0.1) is 30.7 Å². The first-order valence-electron chi connectivity index (χ1n) is 9.94. The van der Waals surface area contributed by atoms with Crippen LogP contribution >= 0.6 is 0 Å². The Balaban J connectivity index is 1.49. The van der Waals surface area contributed by atoms with Crippen LogP contribution in [-0.2, 0) is 10.9 Å². The number of aromatic nitrogens is 7. The van der Waals surface area contributed by atoms with Crippen molar-refractivity contribution >= 4 is 11.5 Å². The molecule has 12 heteroatoms. The molecule has 1 saturated heterocycles. The minimum Gasteiger partial charge on any atom is -0.367 e. The van der Waals surface area contributed by atoms with Crippen LogP contribution in [0.1, 0.15) is 30.0 Å². The fourth-order valence-corrected chi connectivity index (χ4v) is 3.85. The van der Waals surface area contributed by atoms with Crippen LogP contribution < -0.4 is 4.90 Å². The molecule has 4 aromatic heterocycles. The lowest BCUT2D eigenvalue weighted by molar-refractivity contribution is -0.141. The van der Waals surface area contributed by atoms with Gasteiger partial charge >= 0.3 is 6.18 Å². The Morgan fingerprint density at radius 1 is 1.12 bits per heavy atom. The van der Waals surface area contributed by atoms with E-state index in [0.717, 1.165) is 21.8 Å². The maximum absolute atomic E-state index is 13.1. The molecule has 0 unspecified atom stereocenters. The molecule has 1 aliphatic rings. The number of anilines is 1. The fourth-order valence-electron chi connectivity index (χ4n) is 3.85. The Morgan fingerprint density at radius 3 is 2.72 bits per heavy atom. The number of hydrogen-bond acceptors (Lipinski definition) is 7. The zero-order valence-electron chi connectivity index (χ0n) is 17.2. The predicted molar refractivity (Wildman–Crippen MR) is 108 cm³/mol. The van der Waals surface area contributed by atoms with Gasteiger partial charge in [-0.3, -0.25) is 5.10 Å². The van der Waals surface area contributed by atoms with Crippen molar-refractivity contribution in [1.29, 1.82) is 0 Å². The zero-order chi connectivity index (χ0) is 22.5. The third-order valence-electron chi connectivity index (χ3n) is 5.37. The second-order valence-electron chi connectivity index (χ2n) is 7.68. The molecule has 2 atom stereocenters. The number of imidazole rings is 1. The van der Waals surface area contributed by atoms with E-state index in [4.69, 9.17) is 4.74 Å². The molecule has 5 rings (SSSR count). The molecule has 0 aliphatic carbocycles. The van der Waals surface area contributed by atoms with Crippen LogP contribution in [0.25, 0.3) is 17.0 Å². The van der Waals surface area contributed by atoms with Gasteiger partial charge in [0, 0.05) is 23.9 Å². The minimum atomic E-state index is -4.56. The summed E-state index contributed by atoms with van der Waals surface area (Å²) in [7, 11) is 0. The molecule has 0 radical (unpaired) electrons. The van der Waals surface area contributed by atoms with E-state index >= 15 is 0 Å². The summed E-state index contributed by atoms with van der Waals surface area (Å²) in [5.41, 5.74) is 1.97. The molecule has 1 aliphatic heterocycles.